The normalized spacial score (nSPS) is 21.3. The monoisotopic (exact) mass is 195 g/mol. The first-order valence-corrected chi connectivity index (χ1v) is 4.74. The molecule has 1 atom stereocenters. The van der Waals surface area contributed by atoms with Gasteiger partial charge in [0.15, 0.2) is 0 Å². The van der Waals surface area contributed by atoms with Crippen LogP contribution in [0.2, 0.25) is 0 Å². The minimum atomic E-state index is -0.293. The molecule has 0 spiro atoms. The highest BCUT2D eigenvalue weighted by Crippen LogP contribution is 2.12. The van der Waals surface area contributed by atoms with Crippen LogP contribution in [0.25, 0.3) is 0 Å². The van der Waals surface area contributed by atoms with Crippen LogP contribution in [0, 0.1) is 5.92 Å². The van der Waals surface area contributed by atoms with Crippen LogP contribution in [-0.4, -0.2) is 28.2 Å². The zero-order valence-electron chi connectivity index (χ0n) is 7.79. The Hall–Kier alpha value is -1.36. The van der Waals surface area contributed by atoms with Gasteiger partial charge in [0.05, 0.1) is 6.07 Å². The summed E-state index contributed by atoms with van der Waals surface area (Å²) in [5.74, 6) is 0.887. The van der Waals surface area contributed by atoms with E-state index in [-0.39, 0.29) is 11.4 Å². The summed E-state index contributed by atoms with van der Waals surface area (Å²) >= 11 is 0. The highest BCUT2D eigenvalue weighted by molar-refractivity contribution is 5.07. The van der Waals surface area contributed by atoms with E-state index in [1.165, 1.54) is 0 Å². The van der Waals surface area contributed by atoms with Gasteiger partial charge in [0.25, 0.3) is 5.56 Å². The molecule has 3 N–H and O–H groups in total. The Morgan fingerprint density at radius 3 is 3.14 bits per heavy atom. The van der Waals surface area contributed by atoms with E-state index in [0.29, 0.717) is 11.7 Å². The lowest BCUT2D eigenvalue weighted by molar-refractivity contribution is 0.443. The van der Waals surface area contributed by atoms with Crippen LogP contribution in [0.15, 0.2) is 10.9 Å². The molecule has 1 aliphatic rings. The fourth-order valence-electron chi connectivity index (χ4n) is 1.75. The van der Waals surface area contributed by atoms with E-state index in [2.05, 4.69) is 15.3 Å². The molecule has 0 radical (unpaired) electrons. The van der Waals surface area contributed by atoms with E-state index in [1.807, 2.05) is 0 Å². The average Bonchev–Trinajstić information content (AvgIpc) is 2.54. The number of hydrogen-bond acceptors (Lipinski definition) is 4. The van der Waals surface area contributed by atoms with Crippen LogP contribution in [-0.2, 0) is 6.42 Å². The Kier molecular flexibility index (Phi) is 2.49. The fraction of sp³-hybridized carbons (Fsp3) is 0.556. The van der Waals surface area contributed by atoms with E-state index in [1.54, 1.807) is 0 Å². The van der Waals surface area contributed by atoms with Gasteiger partial charge in [-0.2, -0.15) is 0 Å². The molecule has 1 aromatic heterocycles. The summed E-state index contributed by atoms with van der Waals surface area (Å²) in [4.78, 5) is 17.5. The molecule has 0 amide bonds. The van der Waals surface area contributed by atoms with Gasteiger partial charge in [-0.3, -0.25) is 4.79 Å². The molecule has 1 fully saturated rings. The van der Waals surface area contributed by atoms with E-state index in [9.17, 15) is 4.79 Å². The number of aromatic nitrogens is 2. The summed E-state index contributed by atoms with van der Waals surface area (Å²) in [6.07, 6.45) is 1.82. The average molecular weight is 195 g/mol. The van der Waals surface area contributed by atoms with Gasteiger partial charge in [0.2, 0.25) is 5.88 Å². The van der Waals surface area contributed by atoms with Gasteiger partial charge in [0.1, 0.15) is 5.82 Å². The number of nitrogens with one attached hydrogen (secondary N) is 2. The Labute approximate surface area is 81.2 Å². The van der Waals surface area contributed by atoms with E-state index < -0.39 is 0 Å². The lowest BCUT2D eigenvalue weighted by Crippen LogP contribution is -2.15. The van der Waals surface area contributed by atoms with Gasteiger partial charge in [-0.1, -0.05) is 0 Å². The van der Waals surface area contributed by atoms with Crippen LogP contribution in [0.3, 0.4) is 0 Å². The quantitative estimate of drug-likeness (QED) is 0.601. The van der Waals surface area contributed by atoms with Gasteiger partial charge in [-0.05, 0) is 25.4 Å². The first kappa shape index (κ1) is 9.21. The highest BCUT2D eigenvalue weighted by Gasteiger charge is 2.16. The van der Waals surface area contributed by atoms with Crippen LogP contribution in [0.1, 0.15) is 12.2 Å². The second-order valence-corrected chi connectivity index (χ2v) is 3.61. The third-order valence-electron chi connectivity index (χ3n) is 2.42. The Balaban J connectivity index is 2.11. The molecule has 5 nitrogen and oxygen atoms in total. The van der Waals surface area contributed by atoms with Gasteiger partial charge in [-0.25, -0.2) is 4.98 Å². The van der Waals surface area contributed by atoms with E-state index in [0.717, 1.165) is 32.0 Å². The molecule has 14 heavy (non-hydrogen) atoms. The van der Waals surface area contributed by atoms with Gasteiger partial charge >= 0.3 is 0 Å². The topological polar surface area (TPSA) is 78.0 Å². The summed E-state index contributed by atoms with van der Waals surface area (Å²) < 4.78 is 0. The van der Waals surface area contributed by atoms with Crippen LogP contribution in [0.4, 0.5) is 0 Å². The second kappa shape index (κ2) is 3.79. The molecule has 0 saturated carbocycles. The molecule has 0 aromatic carbocycles. The number of aromatic amines is 1. The molecule has 1 unspecified atom stereocenters. The van der Waals surface area contributed by atoms with E-state index >= 15 is 0 Å². The summed E-state index contributed by atoms with van der Waals surface area (Å²) in [6.45, 7) is 1.98. The Bertz CT molecular complexity index is 369. The van der Waals surface area contributed by atoms with Crippen molar-refractivity contribution in [3.63, 3.8) is 0 Å². The molecular weight excluding hydrogens is 182 g/mol. The van der Waals surface area contributed by atoms with Gasteiger partial charge in [0, 0.05) is 6.42 Å². The van der Waals surface area contributed by atoms with E-state index in [4.69, 9.17) is 5.11 Å². The minimum absolute atomic E-state index is 0.199. The van der Waals surface area contributed by atoms with Gasteiger partial charge in [-0.15, -0.1) is 0 Å². The number of nitrogens with zero attached hydrogens (tertiary/aromatic N) is 1. The summed E-state index contributed by atoms with van der Waals surface area (Å²) in [5.41, 5.74) is -0.293. The Morgan fingerprint density at radius 2 is 2.50 bits per heavy atom. The molecule has 1 aliphatic heterocycles. The van der Waals surface area contributed by atoms with Crippen molar-refractivity contribution in [1.29, 1.82) is 0 Å². The van der Waals surface area contributed by atoms with Crippen molar-refractivity contribution >= 4 is 0 Å². The highest BCUT2D eigenvalue weighted by atomic mass is 16.3. The smallest absolute Gasteiger partial charge is 0.254 e. The minimum Gasteiger partial charge on any atom is -0.493 e. The molecule has 5 heteroatoms. The molecule has 2 heterocycles. The van der Waals surface area contributed by atoms with Crippen molar-refractivity contribution in [2.24, 2.45) is 5.92 Å². The lowest BCUT2D eigenvalue weighted by atomic mass is 10.0. The van der Waals surface area contributed by atoms with Crippen molar-refractivity contribution < 1.29 is 5.11 Å². The first-order valence-electron chi connectivity index (χ1n) is 4.74. The molecule has 1 aromatic rings. The summed E-state index contributed by atoms with van der Waals surface area (Å²) in [6, 6.07) is 1.08. The van der Waals surface area contributed by atoms with Crippen molar-refractivity contribution in [2.45, 2.75) is 12.8 Å². The van der Waals surface area contributed by atoms with Crippen LogP contribution in [0.5, 0.6) is 5.88 Å². The van der Waals surface area contributed by atoms with Crippen LogP contribution >= 0.6 is 0 Å². The molecule has 1 saturated heterocycles. The predicted octanol–water partition coefficient (Wildman–Crippen LogP) is -0.373. The number of H-pyrrole nitrogens is 1. The number of hydrogen-bond donors (Lipinski definition) is 3. The Morgan fingerprint density at radius 1 is 1.64 bits per heavy atom. The van der Waals surface area contributed by atoms with Crippen molar-refractivity contribution in [3.8, 4) is 5.88 Å². The zero-order chi connectivity index (χ0) is 9.97. The first-order chi connectivity index (χ1) is 6.74. The van der Waals surface area contributed by atoms with Crippen LogP contribution < -0.4 is 10.9 Å². The fourth-order valence-corrected chi connectivity index (χ4v) is 1.75. The third-order valence-corrected chi connectivity index (χ3v) is 2.42. The lowest BCUT2D eigenvalue weighted by Gasteiger charge is -2.06. The third kappa shape index (κ3) is 2.11. The standard InChI is InChI=1S/C9H13N3O2/c13-8-4-9(14)12-7(11-8)3-6-1-2-10-5-6/h4,6,10H,1-3,5H2,(H2,11,12,13,14). The maximum Gasteiger partial charge on any atom is 0.254 e. The zero-order valence-corrected chi connectivity index (χ0v) is 7.79. The van der Waals surface area contributed by atoms with Gasteiger partial charge < -0.3 is 15.4 Å². The number of rotatable bonds is 2. The maximum atomic E-state index is 11.0. The predicted molar refractivity (Wildman–Crippen MR) is 51.2 cm³/mol. The van der Waals surface area contributed by atoms with Crippen molar-refractivity contribution in [2.75, 3.05) is 13.1 Å². The SMILES string of the molecule is O=c1cc(O)nc(CC2CCNC2)[nH]1. The largest absolute Gasteiger partial charge is 0.493 e. The molecule has 76 valence electrons. The summed E-state index contributed by atoms with van der Waals surface area (Å²) in [5, 5.41) is 12.4. The molecule has 0 bridgehead atoms. The van der Waals surface area contributed by atoms with Crippen molar-refractivity contribution in [3.05, 3.63) is 22.2 Å². The second-order valence-electron chi connectivity index (χ2n) is 3.61. The maximum absolute atomic E-state index is 11.0. The molecule has 0 aliphatic carbocycles. The van der Waals surface area contributed by atoms with Crippen molar-refractivity contribution in [1.82, 2.24) is 15.3 Å². The number of aromatic hydroxyl groups is 1. The molecular formula is C9H13N3O2. The molecule has 2 rings (SSSR count). The summed E-state index contributed by atoms with van der Waals surface area (Å²) in [7, 11) is 0.